The standard InChI is InChI=1S/C17H20N4O2/c22-16(13-23-15-5-2-1-3-6-15)20-14-7-11-21(12-8-14)17-18-9-4-10-19-17/h1-6,9-10,14H,7-8,11-13H2,(H,20,22). The number of hydrogen-bond donors (Lipinski definition) is 1. The molecule has 0 spiro atoms. The Bertz CT molecular complexity index is 613. The molecule has 3 rings (SSSR count). The van der Waals surface area contributed by atoms with E-state index < -0.39 is 0 Å². The zero-order chi connectivity index (χ0) is 15.9. The summed E-state index contributed by atoms with van der Waals surface area (Å²) in [6, 6.07) is 11.3. The van der Waals surface area contributed by atoms with E-state index in [2.05, 4.69) is 20.2 Å². The number of carbonyl (C=O) groups excluding carboxylic acids is 1. The molecule has 0 unspecified atom stereocenters. The number of ether oxygens (including phenoxy) is 1. The molecule has 1 N–H and O–H groups in total. The van der Waals surface area contributed by atoms with Crippen LogP contribution in [0.15, 0.2) is 48.8 Å². The molecule has 1 aliphatic rings. The minimum absolute atomic E-state index is 0.0476. The third-order valence-corrected chi connectivity index (χ3v) is 3.81. The number of hydrogen-bond acceptors (Lipinski definition) is 5. The van der Waals surface area contributed by atoms with Gasteiger partial charge in [0, 0.05) is 31.5 Å². The van der Waals surface area contributed by atoms with E-state index in [4.69, 9.17) is 4.74 Å². The van der Waals surface area contributed by atoms with Crippen molar-refractivity contribution in [1.29, 1.82) is 0 Å². The van der Waals surface area contributed by atoms with Gasteiger partial charge in [0.15, 0.2) is 6.61 Å². The first-order valence-electron chi connectivity index (χ1n) is 7.80. The highest BCUT2D eigenvalue weighted by Crippen LogP contribution is 2.15. The Balaban J connectivity index is 1.41. The average Bonchev–Trinajstić information content (AvgIpc) is 2.62. The molecule has 0 saturated carbocycles. The number of para-hydroxylation sites is 1. The normalized spacial score (nSPS) is 15.2. The lowest BCUT2D eigenvalue weighted by Gasteiger charge is -2.32. The van der Waals surface area contributed by atoms with E-state index in [1.807, 2.05) is 36.4 Å². The maximum Gasteiger partial charge on any atom is 0.258 e. The lowest BCUT2D eigenvalue weighted by Crippen LogP contribution is -2.46. The van der Waals surface area contributed by atoms with E-state index in [1.165, 1.54) is 0 Å². The molecule has 2 heterocycles. The van der Waals surface area contributed by atoms with E-state index in [-0.39, 0.29) is 18.6 Å². The van der Waals surface area contributed by atoms with Crippen LogP contribution >= 0.6 is 0 Å². The first-order chi connectivity index (χ1) is 11.3. The molecule has 1 fully saturated rings. The van der Waals surface area contributed by atoms with Crippen molar-refractivity contribution in [2.75, 3.05) is 24.6 Å². The van der Waals surface area contributed by atoms with Crippen molar-refractivity contribution in [3.8, 4) is 5.75 Å². The number of aromatic nitrogens is 2. The van der Waals surface area contributed by atoms with Gasteiger partial charge in [0.1, 0.15) is 5.75 Å². The zero-order valence-electron chi connectivity index (χ0n) is 12.9. The van der Waals surface area contributed by atoms with Gasteiger partial charge in [-0.2, -0.15) is 0 Å². The van der Waals surface area contributed by atoms with Crippen molar-refractivity contribution in [1.82, 2.24) is 15.3 Å². The van der Waals surface area contributed by atoms with Crippen LogP contribution in [-0.4, -0.2) is 41.6 Å². The van der Waals surface area contributed by atoms with Gasteiger partial charge in [0.05, 0.1) is 0 Å². The Kier molecular flexibility index (Phi) is 5.03. The van der Waals surface area contributed by atoms with Gasteiger partial charge in [-0.05, 0) is 31.0 Å². The Morgan fingerprint density at radius 2 is 1.83 bits per heavy atom. The summed E-state index contributed by atoms with van der Waals surface area (Å²) in [5, 5.41) is 3.03. The molecule has 0 bridgehead atoms. The highest BCUT2D eigenvalue weighted by molar-refractivity contribution is 5.77. The summed E-state index contributed by atoms with van der Waals surface area (Å²) in [5.74, 6) is 1.38. The summed E-state index contributed by atoms with van der Waals surface area (Å²) in [4.78, 5) is 22.6. The van der Waals surface area contributed by atoms with Gasteiger partial charge in [-0.15, -0.1) is 0 Å². The minimum atomic E-state index is -0.0803. The van der Waals surface area contributed by atoms with Crippen molar-refractivity contribution in [3.05, 3.63) is 48.8 Å². The van der Waals surface area contributed by atoms with Crippen LogP contribution in [0, 0.1) is 0 Å². The highest BCUT2D eigenvalue weighted by Gasteiger charge is 2.22. The molecule has 6 nitrogen and oxygen atoms in total. The second-order valence-corrected chi connectivity index (χ2v) is 5.48. The summed E-state index contributed by atoms with van der Waals surface area (Å²) >= 11 is 0. The second kappa shape index (κ2) is 7.58. The number of piperidine rings is 1. The summed E-state index contributed by atoms with van der Waals surface area (Å²) in [6.45, 7) is 1.73. The molecule has 1 amide bonds. The zero-order valence-corrected chi connectivity index (χ0v) is 12.9. The van der Waals surface area contributed by atoms with Crippen molar-refractivity contribution >= 4 is 11.9 Å². The third-order valence-electron chi connectivity index (χ3n) is 3.81. The van der Waals surface area contributed by atoms with Crippen LogP contribution in [0.5, 0.6) is 5.75 Å². The van der Waals surface area contributed by atoms with E-state index >= 15 is 0 Å². The van der Waals surface area contributed by atoms with Crippen molar-refractivity contribution in [2.24, 2.45) is 0 Å². The summed E-state index contributed by atoms with van der Waals surface area (Å²) in [6.07, 6.45) is 5.26. The molecule has 0 atom stereocenters. The molecule has 2 aromatic rings. The van der Waals surface area contributed by atoms with Gasteiger partial charge in [0.25, 0.3) is 5.91 Å². The Morgan fingerprint density at radius 1 is 1.13 bits per heavy atom. The Labute approximate surface area is 135 Å². The van der Waals surface area contributed by atoms with Gasteiger partial charge in [-0.25, -0.2) is 9.97 Å². The van der Waals surface area contributed by atoms with Gasteiger partial charge in [0.2, 0.25) is 5.95 Å². The van der Waals surface area contributed by atoms with Crippen LogP contribution in [0.1, 0.15) is 12.8 Å². The van der Waals surface area contributed by atoms with Crippen molar-refractivity contribution in [2.45, 2.75) is 18.9 Å². The fraction of sp³-hybridized carbons (Fsp3) is 0.353. The van der Waals surface area contributed by atoms with Crippen LogP contribution in [0.25, 0.3) is 0 Å². The predicted molar refractivity (Wildman–Crippen MR) is 87.3 cm³/mol. The summed E-state index contributed by atoms with van der Waals surface area (Å²) in [7, 11) is 0. The maximum atomic E-state index is 12.0. The number of nitrogens with zero attached hydrogens (tertiary/aromatic N) is 3. The Morgan fingerprint density at radius 3 is 2.52 bits per heavy atom. The average molecular weight is 312 g/mol. The van der Waals surface area contributed by atoms with Crippen LogP contribution in [-0.2, 0) is 4.79 Å². The van der Waals surface area contributed by atoms with E-state index in [0.717, 1.165) is 31.9 Å². The van der Waals surface area contributed by atoms with Crippen LogP contribution in [0.2, 0.25) is 0 Å². The van der Waals surface area contributed by atoms with E-state index in [0.29, 0.717) is 5.75 Å². The molecule has 1 aromatic carbocycles. The predicted octanol–water partition coefficient (Wildman–Crippen LogP) is 1.64. The molecular formula is C17H20N4O2. The smallest absolute Gasteiger partial charge is 0.258 e. The van der Waals surface area contributed by atoms with Crippen molar-refractivity contribution < 1.29 is 9.53 Å². The molecule has 1 saturated heterocycles. The minimum Gasteiger partial charge on any atom is -0.484 e. The van der Waals surface area contributed by atoms with Gasteiger partial charge < -0.3 is 15.0 Å². The molecule has 120 valence electrons. The first kappa shape index (κ1) is 15.3. The summed E-state index contributed by atoms with van der Waals surface area (Å²) < 4.78 is 5.46. The first-order valence-corrected chi connectivity index (χ1v) is 7.80. The molecule has 1 aliphatic heterocycles. The van der Waals surface area contributed by atoms with Crippen molar-refractivity contribution in [3.63, 3.8) is 0 Å². The Hall–Kier alpha value is -2.63. The highest BCUT2D eigenvalue weighted by atomic mass is 16.5. The molecule has 23 heavy (non-hydrogen) atoms. The fourth-order valence-electron chi connectivity index (χ4n) is 2.61. The third kappa shape index (κ3) is 4.42. The number of amides is 1. The lowest BCUT2D eigenvalue weighted by atomic mass is 10.1. The maximum absolute atomic E-state index is 12.0. The quantitative estimate of drug-likeness (QED) is 0.909. The largest absolute Gasteiger partial charge is 0.484 e. The molecule has 1 aromatic heterocycles. The number of benzene rings is 1. The monoisotopic (exact) mass is 312 g/mol. The van der Waals surface area contributed by atoms with Crippen LogP contribution < -0.4 is 15.0 Å². The van der Waals surface area contributed by atoms with E-state index in [1.54, 1.807) is 12.4 Å². The molecule has 0 radical (unpaired) electrons. The molecule has 6 heteroatoms. The molecule has 0 aliphatic carbocycles. The van der Waals surface area contributed by atoms with Gasteiger partial charge in [-0.3, -0.25) is 4.79 Å². The topological polar surface area (TPSA) is 67.3 Å². The second-order valence-electron chi connectivity index (χ2n) is 5.48. The number of rotatable bonds is 5. The lowest BCUT2D eigenvalue weighted by molar-refractivity contribution is -0.123. The van der Waals surface area contributed by atoms with Crippen LogP contribution in [0.4, 0.5) is 5.95 Å². The number of anilines is 1. The van der Waals surface area contributed by atoms with Crippen LogP contribution in [0.3, 0.4) is 0 Å². The van der Waals surface area contributed by atoms with Gasteiger partial charge >= 0.3 is 0 Å². The number of carbonyl (C=O) groups is 1. The van der Waals surface area contributed by atoms with E-state index in [9.17, 15) is 4.79 Å². The fourth-order valence-corrected chi connectivity index (χ4v) is 2.61. The molecular weight excluding hydrogens is 292 g/mol. The van der Waals surface area contributed by atoms with Gasteiger partial charge in [-0.1, -0.05) is 18.2 Å². The SMILES string of the molecule is O=C(COc1ccccc1)NC1CCN(c2ncccn2)CC1. The summed E-state index contributed by atoms with van der Waals surface area (Å²) in [5.41, 5.74) is 0. The number of nitrogens with one attached hydrogen (secondary N) is 1.